The highest BCUT2D eigenvalue weighted by molar-refractivity contribution is 7.99. The molecule has 1 fully saturated rings. The van der Waals surface area contributed by atoms with Gasteiger partial charge in [-0.2, -0.15) is 0 Å². The molecule has 35 heavy (non-hydrogen) atoms. The van der Waals surface area contributed by atoms with E-state index in [0.717, 1.165) is 28.8 Å². The Morgan fingerprint density at radius 1 is 1.09 bits per heavy atom. The zero-order valence-corrected chi connectivity index (χ0v) is 20.7. The van der Waals surface area contributed by atoms with Crippen molar-refractivity contribution in [3.8, 4) is 5.69 Å². The van der Waals surface area contributed by atoms with Gasteiger partial charge < -0.3 is 14.4 Å². The molecule has 3 heterocycles. The summed E-state index contributed by atoms with van der Waals surface area (Å²) >= 11 is 1.53. The van der Waals surface area contributed by atoms with Gasteiger partial charge in [0.25, 0.3) is 5.91 Å². The molecule has 0 radical (unpaired) electrons. The number of rotatable bonds is 3. The van der Waals surface area contributed by atoms with Crippen LogP contribution in [0.3, 0.4) is 0 Å². The van der Waals surface area contributed by atoms with Crippen LogP contribution in [-0.4, -0.2) is 53.5 Å². The van der Waals surface area contributed by atoms with E-state index in [4.69, 9.17) is 0 Å². The van der Waals surface area contributed by atoms with Crippen LogP contribution in [0.25, 0.3) is 5.69 Å². The average molecular weight is 496 g/mol. The minimum atomic E-state index is -0.912. The minimum absolute atomic E-state index is 0.167. The number of pyridine rings is 1. The van der Waals surface area contributed by atoms with E-state index in [1.807, 2.05) is 49.9 Å². The summed E-state index contributed by atoms with van der Waals surface area (Å²) in [5, 5.41) is -0.305. The molecule has 0 saturated carbocycles. The summed E-state index contributed by atoms with van der Waals surface area (Å²) in [6.07, 6.45) is 1.18. The first-order chi connectivity index (χ1) is 16.7. The lowest BCUT2D eigenvalue weighted by Gasteiger charge is -2.24. The van der Waals surface area contributed by atoms with E-state index >= 15 is 0 Å². The number of fused-ring (bicyclic) bond motifs is 3. The van der Waals surface area contributed by atoms with Gasteiger partial charge in [-0.15, -0.1) is 11.8 Å². The number of hydrogen-bond acceptors (Lipinski definition) is 4. The van der Waals surface area contributed by atoms with Crippen LogP contribution in [0.2, 0.25) is 0 Å². The van der Waals surface area contributed by atoms with Crippen molar-refractivity contribution in [1.29, 1.82) is 0 Å². The second-order valence-corrected chi connectivity index (χ2v) is 10.7. The third-order valence-corrected chi connectivity index (χ3v) is 8.28. The summed E-state index contributed by atoms with van der Waals surface area (Å²) in [7, 11) is 3.98. The Morgan fingerprint density at radius 2 is 1.86 bits per heavy atom. The van der Waals surface area contributed by atoms with Gasteiger partial charge in [0.2, 0.25) is 0 Å². The Balaban J connectivity index is 1.67. The van der Waals surface area contributed by atoms with Crippen molar-refractivity contribution in [2.45, 2.75) is 36.0 Å². The average Bonchev–Trinajstić information content (AvgIpc) is 3.25. The number of amides is 1. The molecule has 5 nitrogen and oxygen atoms in total. The van der Waals surface area contributed by atoms with Crippen molar-refractivity contribution in [2.75, 3.05) is 27.2 Å². The summed E-state index contributed by atoms with van der Waals surface area (Å²) in [5.74, 6) is -2.08. The van der Waals surface area contributed by atoms with Crippen LogP contribution in [0.15, 0.2) is 58.2 Å². The molecular weight excluding hydrogens is 468 g/mol. The number of hydrogen-bond donors (Lipinski definition) is 0. The van der Waals surface area contributed by atoms with Gasteiger partial charge in [0.1, 0.15) is 5.56 Å². The van der Waals surface area contributed by atoms with E-state index < -0.39 is 11.6 Å². The fourth-order valence-corrected chi connectivity index (χ4v) is 6.34. The maximum absolute atomic E-state index is 14.2. The molecule has 3 aromatic rings. The normalized spacial score (nSPS) is 19.4. The van der Waals surface area contributed by atoms with Crippen molar-refractivity contribution in [3.05, 3.63) is 92.9 Å². The van der Waals surface area contributed by atoms with E-state index in [1.165, 1.54) is 23.9 Å². The predicted molar refractivity (Wildman–Crippen MR) is 133 cm³/mol. The molecule has 182 valence electrons. The Hall–Kier alpha value is -2.97. The first kappa shape index (κ1) is 23.8. The molecule has 0 aliphatic carbocycles. The molecule has 1 aromatic heterocycles. The van der Waals surface area contributed by atoms with Gasteiger partial charge in [0.05, 0.1) is 5.69 Å². The number of carbonyl (C=O) groups excluding carboxylic acids is 1. The smallest absolute Gasteiger partial charge is 0.259 e. The Morgan fingerprint density at radius 3 is 2.57 bits per heavy atom. The summed E-state index contributed by atoms with van der Waals surface area (Å²) in [6, 6.07) is 13.5. The summed E-state index contributed by atoms with van der Waals surface area (Å²) in [4.78, 5) is 31.9. The van der Waals surface area contributed by atoms with Crippen LogP contribution in [0.4, 0.5) is 8.78 Å². The Bertz CT molecular complexity index is 1370. The number of aryl methyl sites for hydroxylation is 1. The summed E-state index contributed by atoms with van der Waals surface area (Å²) < 4.78 is 29.8. The summed E-state index contributed by atoms with van der Waals surface area (Å²) in [5.41, 5.74) is 2.68. The van der Waals surface area contributed by atoms with Crippen LogP contribution < -0.4 is 5.43 Å². The van der Waals surface area contributed by atoms with Crippen molar-refractivity contribution in [2.24, 2.45) is 0 Å². The van der Waals surface area contributed by atoms with Crippen LogP contribution in [0.5, 0.6) is 0 Å². The van der Waals surface area contributed by atoms with Gasteiger partial charge >= 0.3 is 0 Å². The van der Waals surface area contributed by atoms with Gasteiger partial charge in [0.15, 0.2) is 17.1 Å². The fourth-order valence-electron chi connectivity index (χ4n) is 5.07. The molecular formula is C27H27F2N3O2S. The van der Waals surface area contributed by atoms with Crippen LogP contribution in [-0.2, 0) is 6.42 Å². The molecule has 8 heteroatoms. The molecule has 0 spiro atoms. The van der Waals surface area contributed by atoms with E-state index in [0.29, 0.717) is 30.8 Å². The van der Waals surface area contributed by atoms with Crippen LogP contribution in [0, 0.1) is 18.6 Å². The molecule has 0 bridgehead atoms. The second kappa shape index (κ2) is 9.24. The van der Waals surface area contributed by atoms with E-state index in [1.54, 1.807) is 11.0 Å². The van der Waals surface area contributed by atoms with Crippen molar-refractivity contribution in [3.63, 3.8) is 0 Å². The minimum Gasteiger partial charge on any atom is -0.337 e. The first-order valence-electron chi connectivity index (χ1n) is 11.7. The zero-order valence-electron chi connectivity index (χ0n) is 19.9. The van der Waals surface area contributed by atoms with Gasteiger partial charge in [-0.3, -0.25) is 9.59 Å². The number of aromatic nitrogens is 1. The maximum atomic E-state index is 14.2. The lowest BCUT2D eigenvalue weighted by Crippen LogP contribution is -2.38. The largest absolute Gasteiger partial charge is 0.337 e. The highest BCUT2D eigenvalue weighted by Crippen LogP contribution is 2.44. The zero-order chi connectivity index (χ0) is 24.9. The van der Waals surface area contributed by atoms with Crippen molar-refractivity contribution in [1.82, 2.24) is 14.4 Å². The fraction of sp³-hybridized carbons (Fsp3) is 0.333. The third-order valence-electron chi connectivity index (χ3n) is 6.96. The number of halogens is 2. The van der Waals surface area contributed by atoms with Gasteiger partial charge in [-0.1, -0.05) is 18.2 Å². The monoisotopic (exact) mass is 495 g/mol. The van der Waals surface area contributed by atoms with E-state index in [2.05, 4.69) is 4.90 Å². The molecule has 2 aliphatic rings. The topological polar surface area (TPSA) is 45.6 Å². The molecule has 1 saturated heterocycles. The number of likely N-dealkylation sites (N-methyl/N-ethyl adjacent to an activating group) is 1. The Labute approximate surface area is 207 Å². The van der Waals surface area contributed by atoms with Gasteiger partial charge in [-0.25, -0.2) is 8.78 Å². The number of benzene rings is 2. The predicted octanol–water partition coefficient (Wildman–Crippen LogP) is 4.59. The number of carbonyl (C=O) groups is 1. The maximum Gasteiger partial charge on any atom is 0.259 e. The number of thioether (sulfide) groups is 1. The number of likely N-dealkylation sites (tertiary alicyclic amines) is 1. The molecule has 2 aliphatic heterocycles. The molecule has 5 rings (SSSR count). The van der Waals surface area contributed by atoms with Crippen molar-refractivity contribution >= 4 is 17.7 Å². The SMILES string of the molecule is Cc1cc(=O)c(C(=O)N2CC[C@@H](N(C)C)C2)c2n1-c1ccccc1S[C@H](c1ccc(F)c(F)c1)C2. The highest BCUT2D eigenvalue weighted by Gasteiger charge is 2.34. The lowest BCUT2D eigenvalue weighted by atomic mass is 10.0. The summed E-state index contributed by atoms with van der Waals surface area (Å²) in [6.45, 7) is 3.01. The molecule has 1 amide bonds. The molecule has 2 atom stereocenters. The molecule has 0 N–H and O–H groups in total. The van der Waals surface area contributed by atoms with Crippen LogP contribution >= 0.6 is 11.8 Å². The standard InChI is InChI=1S/C27H27F2N3O2S/c1-16-12-23(33)26(27(34)31-11-10-18(15-31)30(2)3)22-14-25(17-8-9-19(28)20(29)13-17)35-24-7-5-4-6-21(24)32(16)22/h4-9,12-13,18,25H,10-11,14-15H2,1-3H3/t18-,25+/m1/s1. The number of para-hydroxylation sites is 1. The highest BCUT2D eigenvalue weighted by atomic mass is 32.2. The van der Waals surface area contributed by atoms with Crippen molar-refractivity contribution < 1.29 is 13.6 Å². The third kappa shape index (κ3) is 4.29. The first-order valence-corrected chi connectivity index (χ1v) is 12.5. The van der Waals surface area contributed by atoms with Gasteiger partial charge in [0, 0.05) is 53.2 Å². The lowest BCUT2D eigenvalue weighted by molar-refractivity contribution is 0.0779. The Kier molecular flexibility index (Phi) is 6.27. The molecule has 0 unspecified atom stereocenters. The number of nitrogens with zero attached hydrogens (tertiary/aromatic N) is 3. The van der Waals surface area contributed by atoms with E-state index in [-0.39, 0.29) is 28.2 Å². The van der Waals surface area contributed by atoms with E-state index in [9.17, 15) is 18.4 Å². The van der Waals surface area contributed by atoms with Crippen LogP contribution in [0.1, 0.15) is 39.0 Å². The quantitative estimate of drug-likeness (QED) is 0.533. The second-order valence-electron chi connectivity index (χ2n) is 9.42. The van der Waals surface area contributed by atoms with Gasteiger partial charge in [-0.05, 0) is 57.3 Å². The molecule has 2 aromatic carbocycles.